The van der Waals surface area contributed by atoms with Gasteiger partial charge in [0.05, 0.1) is 23.0 Å². The first-order chi connectivity index (χ1) is 10.8. The maximum absolute atomic E-state index is 12.9. The molecule has 1 aromatic carbocycles. The van der Waals surface area contributed by atoms with E-state index >= 15 is 0 Å². The number of methoxy groups -OCH3 is 2. The number of nitro benzene ring substituents is 1. The van der Waals surface area contributed by atoms with E-state index in [9.17, 15) is 18.5 Å². The number of aryl methyl sites for hydroxylation is 1. The van der Waals surface area contributed by atoms with E-state index in [0.717, 1.165) is 6.07 Å². The Bertz CT molecular complexity index is 651. The number of nitro groups is 1. The summed E-state index contributed by atoms with van der Waals surface area (Å²) in [5.41, 5.74) is 0.803. The van der Waals surface area contributed by atoms with Crippen molar-refractivity contribution in [2.75, 3.05) is 40.5 Å². The normalized spacial score (nSPS) is 11.9. The van der Waals surface area contributed by atoms with Crippen LogP contribution in [0.4, 0.5) is 5.69 Å². The quantitative estimate of drug-likeness (QED) is 0.496. The summed E-state index contributed by atoms with van der Waals surface area (Å²) in [7, 11) is -0.934. The summed E-state index contributed by atoms with van der Waals surface area (Å²) in [5, 5.41) is 11.0. The van der Waals surface area contributed by atoms with Crippen molar-refractivity contribution < 1.29 is 22.8 Å². The van der Waals surface area contributed by atoms with Crippen LogP contribution in [0.25, 0.3) is 0 Å². The average Bonchev–Trinajstić information content (AvgIpc) is 2.49. The van der Waals surface area contributed by atoms with Crippen LogP contribution >= 0.6 is 0 Å². The molecular weight excluding hydrogens is 324 g/mol. The van der Waals surface area contributed by atoms with Crippen molar-refractivity contribution in [1.82, 2.24) is 4.31 Å². The number of nitrogens with zero attached hydrogens (tertiary/aromatic N) is 2. The number of hydrogen-bond donors (Lipinski definition) is 0. The number of rotatable bonds is 9. The van der Waals surface area contributed by atoms with Gasteiger partial charge in [-0.1, -0.05) is 0 Å². The third-order valence-electron chi connectivity index (χ3n) is 3.52. The van der Waals surface area contributed by atoms with Crippen molar-refractivity contribution in [3.8, 4) is 0 Å². The van der Waals surface area contributed by atoms with E-state index in [1.165, 1.54) is 24.6 Å². The largest absolute Gasteiger partial charge is 0.383 e. The van der Waals surface area contributed by atoms with E-state index in [1.54, 1.807) is 13.8 Å². The molecule has 1 rings (SSSR count). The van der Waals surface area contributed by atoms with Crippen LogP contribution in [0, 0.1) is 24.0 Å². The lowest BCUT2D eigenvalue weighted by Crippen LogP contribution is -2.36. The van der Waals surface area contributed by atoms with Gasteiger partial charge < -0.3 is 9.47 Å². The van der Waals surface area contributed by atoms with E-state index in [4.69, 9.17) is 9.47 Å². The molecule has 0 heterocycles. The molecule has 0 atom stereocenters. The van der Waals surface area contributed by atoms with E-state index < -0.39 is 14.9 Å². The van der Waals surface area contributed by atoms with Gasteiger partial charge in [0.1, 0.15) is 0 Å². The minimum atomic E-state index is -3.89. The van der Waals surface area contributed by atoms with Crippen LogP contribution < -0.4 is 0 Å². The molecule has 0 saturated carbocycles. The van der Waals surface area contributed by atoms with E-state index in [2.05, 4.69) is 0 Å². The van der Waals surface area contributed by atoms with Crippen LogP contribution in [0.1, 0.15) is 11.1 Å². The van der Waals surface area contributed by atoms with Gasteiger partial charge in [0.2, 0.25) is 10.0 Å². The Morgan fingerprint density at radius 2 is 1.65 bits per heavy atom. The Labute approximate surface area is 136 Å². The smallest absolute Gasteiger partial charge is 0.271 e. The van der Waals surface area contributed by atoms with Gasteiger partial charge in [-0.05, 0) is 25.0 Å². The van der Waals surface area contributed by atoms with Crippen molar-refractivity contribution >= 4 is 15.7 Å². The van der Waals surface area contributed by atoms with E-state index in [1.807, 2.05) is 0 Å². The van der Waals surface area contributed by atoms with Gasteiger partial charge in [0.15, 0.2) is 0 Å². The first-order valence-electron chi connectivity index (χ1n) is 6.99. The number of hydrogen-bond acceptors (Lipinski definition) is 6. The van der Waals surface area contributed by atoms with Gasteiger partial charge in [-0.25, -0.2) is 8.42 Å². The molecule has 130 valence electrons. The number of benzene rings is 1. The zero-order valence-corrected chi connectivity index (χ0v) is 14.6. The molecule has 0 aromatic heterocycles. The van der Waals surface area contributed by atoms with E-state index in [0.29, 0.717) is 11.1 Å². The summed E-state index contributed by atoms with van der Waals surface area (Å²) in [6, 6.07) is 2.47. The monoisotopic (exact) mass is 346 g/mol. The summed E-state index contributed by atoms with van der Waals surface area (Å²) in [5.74, 6) is 0. The molecule has 0 bridgehead atoms. The first kappa shape index (κ1) is 19.5. The Hall–Kier alpha value is -1.55. The van der Waals surface area contributed by atoms with Crippen molar-refractivity contribution in [2.45, 2.75) is 18.7 Å². The number of ether oxygens (including phenoxy) is 2. The zero-order chi connectivity index (χ0) is 17.6. The van der Waals surface area contributed by atoms with Gasteiger partial charge in [-0.15, -0.1) is 0 Å². The third kappa shape index (κ3) is 4.71. The third-order valence-corrected chi connectivity index (χ3v) is 5.55. The summed E-state index contributed by atoms with van der Waals surface area (Å²) >= 11 is 0. The predicted octanol–water partition coefficient (Wildman–Crippen LogP) is 1.50. The maximum Gasteiger partial charge on any atom is 0.271 e. The van der Waals surface area contributed by atoms with Gasteiger partial charge >= 0.3 is 0 Å². The first-order valence-corrected chi connectivity index (χ1v) is 8.43. The van der Waals surface area contributed by atoms with Crippen molar-refractivity contribution in [2.24, 2.45) is 0 Å². The van der Waals surface area contributed by atoms with Crippen LogP contribution in [-0.4, -0.2) is 58.2 Å². The zero-order valence-electron chi connectivity index (χ0n) is 13.7. The highest BCUT2D eigenvalue weighted by Gasteiger charge is 2.28. The SMILES string of the molecule is COCCN(CCOC)S(=O)(=O)c1cc([N+](=O)[O-])cc(C)c1C. The van der Waals surface area contributed by atoms with Gasteiger partial charge in [0, 0.05) is 39.4 Å². The Balaban J connectivity index is 3.35. The Kier molecular flexibility index (Phi) is 7.07. The minimum absolute atomic E-state index is 0.0589. The molecule has 0 radical (unpaired) electrons. The van der Waals surface area contributed by atoms with Crippen molar-refractivity contribution in [3.63, 3.8) is 0 Å². The number of sulfonamides is 1. The molecule has 0 unspecified atom stereocenters. The maximum atomic E-state index is 12.9. The highest BCUT2D eigenvalue weighted by molar-refractivity contribution is 7.89. The second-order valence-corrected chi connectivity index (χ2v) is 6.94. The minimum Gasteiger partial charge on any atom is -0.383 e. The van der Waals surface area contributed by atoms with Crippen molar-refractivity contribution in [1.29, 1.82) is 0 Å². The molecule has 1 aromatic rings. The predicted molar refractivity (Wildman–Crippen MR) is 85.1 cm³/mol. The standard InChI is InChI=1S/C14H22N2O6S/c1-11-9-13(16(17)18)10-14(12(11)2)23(19,20)15(5-7-21-3)6-8-22-4/h9-10H,5-8H2,1-4H3. The molecule has 0 spiro atoms. The molecule has 0 aliphatic carbocycles. The second kappa shape index (κ2) is 8.34. The van der Waals surface area contributed by atoms with Crippen LogP contribution in [-0.2, 0) is 19.5 Å². The van der Waals surface area contributed by atoms with Crippen LogP contribution in [0.15, 0.2) is 17.0 Å². The lowest BCUT2D eigenvalue weighted by atomic mass is 10.1. The highest BCUT2D eigenvalue weighted by Crippen LogP contribution is 2.27. The molecular formula is C14H22N2O6S. The average molecular weight is 346 g/mol. The molecule has 0 saturated heterocycles. The lowest BCUT2D eigenvalue weighted by molar-refractivity contribution is -0.385. The van der Waals surface area contributed by atoms with Gasteiger partial charge in [0.25, 0.3) is 5.69 Å². The van der Waals surface area contributed by atoms with Crippen LogP contribution in [0.3, 0.4) is 0 Å². The summed E-state index contributed by atoms with van der Waals surface area (Å²) in [6.45, 7) is 4.01. The van der Waals surface area contributed by atoms with Gasteiger partial charge in [-0.2, -0.15) is 4.31 Å². The lowest BCUT2D eigenvalue weighted by Gasteiger charge is -2.23. The topological polar surface area (TPSA) is 99.0 Å². The molecule has 9 heteroatoms. The fourth-order valence-corrected chi connectivity index (χ4v) is 3.78. The molecule has 0 fully saturated rings. The molecule has 23 heavy (non-hydrogen) atoms. The second-order valence-electron chi connectivity index (χ2n) is 5.03. The highest BCUT2D eigenvalue weighted by atomic mass is 32.2. The van der Waals surface area contributed by atoms with Gasteiger partial charge in [-0.3, -0.25) is 10.1 Å². The molecule has 0 amide bonds. The summed E-state index contributed by atoms with van der Waals surface area (Å²) < 4.78 is 36.9. The Morgan fingerprint density at radius 3 is 2.09 bits per heavy atom. The molecule has 0 N–H and O–H groups in total. The van der Waals surface area contributed by atoms with E-state index in [-0.39, 0.29) is 36.9 Å². The van der Waals surface area contributed by atoms with Crippen LogP contribution in [0.2, 0.25) is 0 Å². The summed E-state index contributed by atoms with van der Waals surface area (Å²) in [4.78, 5) is 10.4. The molecule has 8 nitrogen and oxygen atoms in total. The Morgan fingerprint density at radius 1 is 1.13 bits per heavy atom. The molecule has 0 aliphatic heterocycles. The molecule has 0 aliphatic rings. The van der Waals surface area contributed by atoms with Crippen LogP contribution in [0.5, 0.6) is 0 Å². The fraction of sp³-hybridized carbons (Fsp3) is 0.571. The van der Waals surface area contributed by atoms with Crippen molar-refractivity contribution in [3.05, 3.63) is 33.4 Å². The summed E-state index contributed by atoms with van der Waals surface area (Å²) in [6.07, 6.45) is 0. The fourth-order valence-electron chi connectivity index (χ4n) is 2.06. The number of non-ortho nitro benzene ring substituents is 1.